The third-order valence-corrected chi connectivity index (χ3v) is 2.88. The highest BCUT2D eigenvalue weighted by Gasteiger charge is 2.18. The van der Waals surface area contributed by atoms with Gasteiger partial charge >= 0.3 is 0 Å². The van der Waals surface area contributed by atoms with Crippen molar-refractivity contribution in [1.82, 2.24) is 15.2 Å². The van der Waals surface area contributed by atoms with E-state index in [0.717, 1.165) is 12.3 Å². The Morgan fingerprint density at radius 1 is 1.55 bits per heavy atom. The molecule has 1 heterocycles. The van der Waals surface area contributed by atoms with Crippen molar-refractivity contribution in [3.05, 3.63) is 33.1 Å². The lowest BCUT2D eigenvalue weighted by Gasteiger charge is -2.14. The van der Waals surface area contributed by atoms with Crippen LogP contribution in [0.4, 0.5) is 5.69 Å². The van der Waals surface area contributed by atoms with Crippen LogP contribution >= 0.6 is 11.6 Å². The maximum Gasteiger partial charge on any atom is 0.288 e. The van der Waals surface area contributed by atoms with Crippen LogP contribution in [0.25, 0.3) is 0 Å². The second kappa shape index (κ2) is 6.80. The summed E-state index contributed by atoms with van der Waals surface area (Å²) in [5.74, 6) is -0.973. The quantitative estimate of drug-likeness (QED) is 0.493. The highest BCUT2D eigenvalue weighted by Crippen LogP contribution is 2.18. The topological polar surface area (TPSA) is 105 Å². The summed E-state index contributed by atoms with van der Waals surface area (Å²) >= 11 is 5.71. The first-order valence-corrected chi connectivity index (χ1v) is 6.06. The van der Waals surface area contributed by atoms with Crippen LogP contribution in [0.1, 0.15) is 17.3 Å². The zero-order valence-electron chi connectivity index (χ0n) is 10.9. The summed E-state index contributed by atoms with van der Waals surface area (Å²) in [6.45, 7) is 2.08. The monoisotopic (exact) mass is 300 g/mol. The minimum Gasteiger partial charge on any atom is -0.345 e. The van der Waals surface area contributed by atoms with E-state index in [9.17, 15) is 19.7 Å². The fourth-order valence-corrected chi connectivity index (χ4v) is 1.45. The molecule has 108 valence electrons. The Morgan fingerprint density at radius 2 is 2.20 bits per heavy atom. The molecule has 0 aliphatic carbocycles. The number of likely N-dealkylation sites (N-methyl/N-ethyl adjacent to an activating group) is 1. The van der Waals surface area contributed by atoms with E-state index >= 15 is 0 Å². The van der Waals surface area contributed by atoms with Crippen LogP contribution < -0.4 is 5.32 Å². The number of amides is 2. The Morgan fingerprint density at radius 3 is 2.75 bits per heavy atom. The Kier molecular flexibility index (Phi) is 5.39. The van der Waals surface area contributed by atoms with Crippen LogP contribution in [0.3, 0.4) is 0 Å². The van der Waals surface area contributed by atoms with Gasteiger partial charge in [-0.1, -0.05) is 11.6 Å². The van der Waals surface area contributed by atoms with Crippen molar-refractivity contribution in [1.29, 1.82) is 0 Å². The summed E-state index contributed by atoms with van der Waals surface area (Å²) < 4.78 is 0. The molecule has 0 atom stereocenters. The largest absolute Gasteiger partial charge is 0.345 e. The second-order valence-corrected chi connectivity index (χ2v) is 4.24. The summed E-state index contributed by atoms with van der Waals surface area (Å²) in [7, 11) is 1.59. The van der Waals surface area contributed by atoms with Gasteiger partial charge in [-0.2, -0.15) is 0 Å². The maximum absolute atomic E-state index is 11.8. The molecule has 0 spiro atoms. The van der Waals surface area contributed by atoms with Gasteiger partial charge in [0.25, 0.3) is 11.6 Å². The number of nitrogens with zero attached hydrogens (tertiary/aromatic N) is 3. The van der Waals surface area contributed by atoms with Gasteiger partial charge in [0.1, 0.15) is 11.3 Å². The SMILES string of the molecule is CCN(C)C(=O)CNC(=O)c1cc([N+](=O)[O-])cnc1Cl. The van der Waals surface area contributed by atoms with E-state index in [1.165, 1.54) is 4.90 Å². The number of carbonyl (C=O) groups is 2. The molecule has 0 bridgehead atoms. The molecule has 20 heavy (non-hydrogen) atoms. The molecule has 1 aromatic rings. The number of nitro groups is 1. The van der Waals surface area contributed by atoms with Gasteiger partial charge in [0, 0.05) is 19.7 Å². The first kappa shape index (κ1) is 15.8. The van der Waals surface area contributed by atoms with Gasteiger partial charge in [-0.05, 0) is 6.92 Å². The number of halogens is 1. The van der Waals surface area contributed by atoms with Gasteiger partial charge in [0.2, 0.25) is 5.91 Å². The predicted molar refractivity (Wildman–Crippen MR) is 71.5 cm³/mol. The van der Waals surface area contributed by atoms with Gasteiger partial charge in [0.05, 0.1) is 17.0 Å². The smallest absolute Gasteiger partial charge is 0.288 e. The molecule has 1 aromatic heterocycles. The van der Waals surface area contributed by atoms with Gasteiger partial charge in [-0.25, -0.2) is 4.98 Å². The zero-order valence-corrected chi connectivity index (χ0v) is 11.7. The van der Waals surface area contributed by atoms with Crippen molar-refractivity contribution in [2.24, 2.45) is 0 Å². The van der Waals surface area contributed by atoms with E-state index in [2.05, 4.69) is 10.3 Å². The van der Waals surface area contributed by atoms with Crippen LogP contribution in [0.5, 0.6) is 0 Å². The molecule has 0 saturated carbocycles. The number of rotatable bonds is 5. The van der Waals surface area contributed by atoms with Gasteiger partial charge < -0.3 is 10.2 Å². The fourth-order valence-electron chi connectivity index (χ4n) is 1.26. The summed E-state index contributed by atoms with van der Waals surface area (Å²) in [6, 6.07) is 1.01. The molecule has 0 aliphatic rings. The van der Waals surface area contributed by atoms with Crippen LogP contribution in [0.2, 0.25) is 5.15 Å². The van der Waals surface area contributed by atoms with Crippen LogP contribution in [-0.4, -0.2) is 46.8 Å². The average Bonchev–Trinajstić information content (AvgIpc) is 2.43. The van der Waals surface area contributed by atoms with Crippen molar-refractivity contribution in [3.8, 4) is 0 Å². The first-order chi connectivity index (χ1) is 9.36. The van der Waals surface area contributed by atoms with Crippen molar-refractivity contribution in [2.45, 2.75) is 6.92 Å². The van der Waals surface area contributed by atoms with Crippen molar-refractivity contribution < 1.29 is 14.5 Å². The van der Waals surface area contributed by atoms with E-state index in [1.54, 1.807) is 14.0 Å². The number of hydrogen-bond acceptors (Lipinski definition) is 5. The van der Waals surface area contributed by atoms with Crippen LogP contribution in [0.15, 0.2) is 12.3 Å². The van der Waals surface area contributed by atoms with E-state index in [4.69, 9.17) is 11.6 Å². The van der Waals surface area contributed by atoms with Gasteiger partial charge in [-0.15, -0.1) is 0 Å². The highest BCUT2D eigenvalue weighted by atomic mass is 35.5. The standard InChI is InChI=1S/C11H13ClN4O4/c1-3-15(2)9(17)6-14-11(18)8-4-7(16(19)20)5-13-10(8)12/h4-5H,3,6H2,1-2H3,(H,14,18). The van der Waals surface area contributed by atoms with E-state index < -0.39 is 10.8 Å². The lowest BCUT2D eigenvalue weighted by atomic mass is 10.2. The fraction of sp³-hybridized carbons (Fsp3) is 0.364. The summed E-state index contributed by atoms with van der Waals surface area (Å²) in [6.07, 6.45) is 0.953. The van der Waals surface area contributed by atoms with Crippen molar-refractivity contribution >= 4 is 29.1 Å². The Balaban J connectivity index is 2.80. The predicted octanol–water partition coefficient (Wildman–Crippen LogP) is 0.851. The van der Waals surface area contributed by atoms with Crippen molar-refractivity contribution in [3.63, 3.8) is 0 Å². The maximum atomic E-state index is 11.8. The van der Waals surface area contributed by atoms with Crippen LogP contribution in [-0.2, 0) is 4.79 Å². The Hall–Kier alpha value is -2.22. The second-order valence-electron chi connectivity index (χ2n) is 3.88. The lowest BCUT2D eigenvalue weighted by Crippen LogP contribution is -2.38. The molecule has 0 aromatic carbocycles. The van der Waals surface area contributed by atoms with E-state index in [0.29, 0.717) is 6.54 Å². The minimum absolute atomic E-state index is 0.146. The molecule has 8 nitrogen and oxygen atoms in total. The summed E-state index contributed by atoms with van der Waals surface area (Å²) in [4.78, 5) is 38.3. The number of carbonyl (C=O) groups excluding carboxylic acids is 2. The molecule has 9 heteroatoms. The summed E-state index contributed by atoms with van der Waals surface area (Å²) in [5.41, 5.74) is -0.496. The van der Waals surface area contributed by atoms with Crippen LogP contribution in [0, 0.1) is 10.1 Å². The highest BCUT2D eigenvalue weighted by molar-refractivity contribution is 6.32. The first-order valence-electron chi connectivity index (χ1n) is 5.69. The third kappa shape index (κ3) is 3.89. The molecule has 0 aliphatic heterocycles. The van der Waals surface area contributed by atoms with Crippen molar-refractivity contribution in [2.75, 3.05) is 20.1 Å². The number of aromatic nitrogens is 1. The molecule has 0 unspecified atom stereocenters. The summed E-state index contributed by atoms with van der Waals surface area (Å²) in [5, 5.41) is 12.8. The molecule has 0 radical (unpaired) electrons. The average molecular weight is 301 g/mol. The van der Waals surface area contributed by atoms with E-state index in [1.807, 2.05) is 0 Å². The number of nitrogens with one attached hydrogen (secondary N) is 1. The zero-order chi connectivity index (χ0) is 15.3. The normalized spacial score (nSPS) is 9.95. The van der Waals surface area contributed by atoms with Gasteiger partial charge in [0.15, 0.2) is 0 Å². The number of hydrogen-bond donors (Lipinski definition) is 1. The van der Waals surface area contributed by atoms with Gasteiger partial charge in [-0.3, -0.25) is 19.7 Å². The molecular weight excluding hydrogens is 288 g/mol. The molecule has 0 fully saturated rings. The molecule has 0 saturated heterocycles. The molecule has 2 amide bonds. The van der Waals surface area contributed by atoms with E-state index in [-0.39, 0.29) is 28.9 Å². The molecule has 1 N–H and O–H groups in total. The Bertz CT molecular complexity index is 549. The minimum atomic E-state index is -0.691. The number of pyridine rings is 1. The lowest BCUT2D eigenvalue weighted by molar-refractivity contribution is -0.385. The third-order valence-electron chi connectivity index (χ3n) is 2.58. The Labute approximate surface area is 119 Å². The molecule has 1 rings (SSSR count). The molecular formula is C11H13ClN4O4.